The number of amides is 1. The normalized spacial score (nSPS) is 10.6. The number of carbonyl (C=O) groups excluding carboxylic acids is 1. The molecule has 2 aromatic carbocycles. The second kappa shape index (κ2) is 5.86. The number of carbonyl (C=O) groups is 1. The van der Waals surface area contributed by atoms with Crippen LogP contribution >= 0.6 is 0 Å². The van der Waals surface area contributed by atoms with Crippen molar-refractivity contribution in [3.05, 3.63) is 71.3 Å². The van der Waals surface area contributed by atoms with Crippen molar-refractivity contribution in [1.82, 2.24) is 5.43 Å². The molecule has 96 valence electrons. The van der Waals surface area contributed by atoms with Gasteiger partial charge in [-0.2, -0.15) is 5.10 Å². The lowest BCUT2D eigenvalue weighted by molar-refractivity contribution is 0.0951. The average Bonchev–Trinajstić information content (AvgIpc) is 2.41. The first-order valence-electron chi connectivity index (χ1n) is 5.50. The van der Waals surface area contributed by atoms with Crippen molar-refractivity contribution in [2.24, 2.45) is 5.10 Å². The number of nitrogens with one attached hydrogen (secondary N) is 1. The van der Waals surface area contributed by atoms with Gasteiger partial charge in [-0.15, -0.1) is 0 Å². The average molecular weight is 260 g/mol. The predicted molar refractivity (Wildman–Crippen MR) is 67.9 cm³/mol. The molecule has 2 aromatic rings. The number of nitrogens with zero attached hydrogens (tertiary/aromatic N) is 1. The van der Waals surface area contributed by atoms with E-state index in [9.17, 15) is 13.6 Å². The van der Waals surface area contributed by atoms with E-state index in [4.69, 9.17) is 0 Å². The molecule has 0 unspecified atom stereocenters. The Hall–Kier alpha value is -2.56. The molecule has 0 radical (unpaired) electrons. The zero-order chi connectivity index (χ0) is 13.7. The van der Waals surface area contributed by atoms with E-state index in [0.29, 0.717) is 5.56 Å². The first kappa shape index (κ1) is 12.9. The molecular formula is C14H10F2N2O. The molecule has 0 fully saturated rings. The predicted octanol–water partition coefficient (Wildman–Crippen LogP) is 2.73. The van der Waals surface area contributed by atoms with Crippen LogP contribution in [0.4, 0.5) is 8.78 Å². The van der Waals surface area contributed by atoms with Crippen LogP contribution in [0.1, 0.15) is 15.9 Å². The summed E-state index contributed by atoms with van der Waals surface area (Å²) in [6, 6.07) is 11.2. The third kappa shape index (κ3) is 3.45. The topological polar surface area (TPSA) is 41.5 Å². The van der Waals surface area contributed by atoms with Gasteiger partial charge in [0.15, 0.2) is 0 Å². The summed E-state index contributed by atoms with van der Waals surface area (Å²) in [6.07, 6.45) is 1.35. The fourth-order valence-electron chi connectivity index (χ4n) is 1.42. The van der Waals surface area contributed by atoms with Crippen LogP contribution < -0.4 is 5.43 Å². The van der Waals surface area contributed by atoms with Crippen LogP contribution in [0, 0.1) is 11.6 Å². The summed E-state index contributed by atoms with van der Waals surface area (Å²) in [4.78, 5) is 11.6. The van der Waals surface area contributed by atoms with Crippen molar-refractivity contribution in [2.45, 2.75) is 0 Å². The summed E-state index contributed by atoms with van der Waals surface area (Å²) >= 11 is 0. The lowest BCUT2D eigenvalue weighted by Gasteiger charge is -2.00. The minimum Gasteiger partial charge on any atom is -0.267 e. The van der Waals surface area contributed by atoms with Crippen molar-refractivity contribution >= 4 is 12.1 Å². The number of benzene rings is 2. The Morgan fingerprint density at radius 3 is 2.42 bits per heavy atom. The molecule has 0 aliphatic carbocycles. The van der Waals surface area contributed by atoms with E-state index < -0.39 is 11.7 Å². The number of hydrogen-bond acceptors (Lipinski definition) is 2. The first-order valence-corrected chi connectivity index (χ1v) is 5.50. The SMILES string of the molecule is O=C(N/N=C/c1ccc(F)cc1)c1ccccc1F. The molecule has 0 spiro atoms. The van der Waals surface area contributed by atoms with Gasteiger partial charge in [-0.3, -0.25) is 4.79 Å². The first-order chi connectivity index (χ1) is 9.16. The molecule has 3 nitrogen and oxygen atoms in total. The molecule has 19 heavy (non-hydrogen) atoms. The number of hydrogen-bond donors (Lipinski definition) is 1. The van der Waals surface area contributed by atoms with Gasteiger partial charge in [0.2, 0.25) is 0 Å². The van der Waals surface area contributed by atoms with Crippen molar-refractivity contribution in [3.63, 3.8) is 0 Å². The Morgan fingerprint density at radius 1 is 1.05 bits per heavy atom. The molecule has 0 aliphatic rings. The fourth-order valence-corrected chi connectivity index (χ4v) is 1.42. The molecule has 0 saturated carbocycles. The van der Waals surface area contributed by atoms with Gasteiger partial charge in [0.1, 0.15) is 11.6 Å². The maximum absolute atomic E-state index is 13.3. The number of hydrazone groups is 1. The molecule has 0 aliphatic heterocycles. The smallest absolute Gasteiger partial charge is 0.267 e. The maximum atomic E-state index is 13.3. The van der Waals surface area contributed by atoms with Gasteiger partial charge >= 0.3 is 0 Å². The summed E-state index contributed by atoms with van der Waals surface area (Å²) in [6.45, 7) is 0. The maximum Gasteiger partial charge on any atom is 0.274 e. The van der Waals surface area contributed by atoms with E-state index in [0.717, 1.165) is 0 Å². The zero-order valence-electron chi connectivity index (χ0n) is 9.81. The van der Waals surface area contributed by atoms with Crippen molar-refractivity contribution in [2.75, 3.05) is 0 Å². The molecule has 0 saturated heterocycles. The molecule has 0 aromatic heterocycles. The van der Waals surface area contributed by atoms with Crippen LogP contribution in [0.5, 0.6) is 0 Å². The van der Waals surface area contributed by atoms with Gasteiger partial charge in [-0.05, 0) is 29.8 Å². The monoisotopic (exact) mass is 260 g/mol. The van der Waals surface area contributed by atoms with Crippen LogP contribution in [0.3, 0.4) is 0 Å². The van der Waals surface area contributed by atoms with Crippen molar-refractivity contribution < 1.29 is 13.6 Å². The van der Waals surface area contributed by atoms with Crippen LogP contribution in [0.15, 0.2) is 53.6 Å². The van der Waals surface area contributed by atoms with Gasteiger partial charge < -0.3 is 0 Å². The van der Waals surface area contributed by atoms with Crippen LogP contribution in [-0.2, 0) is 0 Å². The lowest BCUT2D eigenvalue weighted by atomic mass is 10.2. The van der Waals surface area contributed by atoms with E-state index in [2.05, 4.69) is 10.5 Å². The number of halogens is 2. The summed E-state index contributed by atoms with van der Waals surface area (Å²) < 4.78 is 25.9. The van der Waals surface area contributed by atoms with E-state index in [1.165, 1.54) is 48.7 Å². The Labute approximate surface area is 108 Å². The lowest BCUT2D eigenvalue weighted by Crippen LogP contribution is -2.18. The van der Waals surface area contributed by atoms with Gasteiger partial charge in [-0.25, -0.2) is 14.2 Å². The van der Waals surface area contributed by atoms with E-state index >= 15 is 0 Å². The van der Waals surface area contributed by atoms with E-state index in [1.807, 2.05) is 0 Å². The molecule has 5 heteroatoms. The van der Waals surface area contributed by atoms with E-state index in [-0.39, 0.29) is 11.4 Å². The molecule has 0 heterocycles. The second-order valence-electron chi connectivity index (χ2n) is 3.73. The molecular weight excluding hydrogens is 250 g/mol. The fraction of sp³-hybridized carbons (Fsp3) is 0. The van der Waals surface area contributed by atoms with Gasteiger partial charge in [0, 0.05) is 0 Å². The van der Waals surface area contributed by atoms with Crippen LogP contribution in [-0.4, -0.2) is 12.1 Å². The van der Waals surface area contributed by atoms with E-state index in [1.54, 1.807) is 6.07 Å². The Kier molecular flexibility index (Phi) is 3.97. The highest BCUT2D eigenvalue weighted by atomic mass is 19.1. The third-order valence-corrected chi connectivity index (χ3v) is 2.37. The van der Waals surface area contributed by atoms with Crippen LogP contribution in [0.25, 0.3) is 0 Å². The third-order valence-electron chi connectivity index (χ3n) is 2.37. The molecule has 0 atom stereocenters. The minimum atomic E-state index is -0.642. The zero-order valence-corrected chi connectivity index (χ0v) is 9.81. The summed E-state index contributed by atoms with van der Waals surface area (Å²) in [7, 11) is 0. The highest BCUT2D eigenvalue weighted by Gasteiger charge is 2.08. The number of rotatable bonds is 3. The molecule has 2 rings (SSSR count). The largest absolute Gasteiger partial charge is 0.274 e. The summed E-state index contributed by atoms with van der Waals surface area (Å²) in [5, 5.41) is 3.68. The molecule has 1 amide bonds. The second-order valence-corrected chi connectivity index (χ2v) is 3.73. The summed E-state index contributed by atoms with van der Waals surface area (Å²) in [5.41, 5.74) is 2.74. The van der Waals surface area contributed by atoms with Crippen LogP contribution in [0.2, 0.25) is 0 Å². The quantitative estimate of drug-likeness (QED) is 0.669. The van der Waals surface area contributed by atoms with Crippen molar-refractivity contribution in [1.29, 1.82) is 0 Å². The molecule has 1 N–H and O–H groups in total. The standard InChI is InChI=1S/C14H10F2N2O/c15-11-7-5-10(6-8-11)9-17-18-14(19)12-3-1-2-4-13(12)16/h1-9H,(H,18,19)/b17-9+. The van der Waals surface area contributed by atoms with Gasteiger partial charge in [0.25, 0.3) is 5.91 Å². The Balaban J connectivity index is 2.01. The Morgan fingerprint density at radius 2 is 1.74 bits per heavy atom. The van der Waals surface area contributed by atoms with Crippen molar-refractivity contribution in [3.8, 4) is 0 Å². The molecule has 0 bridgehead atoms. The van der Waals surface area contributed by atoms with Gasteiger partial charge in [-0.1, -0.05) is 24.3 Å². The minimum absolute atomic E-state index is 0.0845. The highest BCUT2D eigenvalue weighted by Crippen LogP contribution is 2.05. The highest BCUT2D eigenvalue weighted by molar-refractivity contribution is 5.95. The Bertz CT molecular complexity index is 609. The van der Waals surface area contributed by atoms with Gasteiger partial charge in [0.05, 0.1) is 11.8 Å². The summed E-state index contributed by atoms with van der Waals surface area (Å²) in [5.74, 6) is -1.61.